The number of hydrogen-bond donors (Lipinski definition) is 1. The van der Waals surface area contributed by atoms with Gasteiger partial charge in [-0.2, -0.15) is 0 Å². The van der Waals surface area contributed by atoms with Crippen LogP contribution in [0.15, 0.2) is 24.4 Å². The highest BCUT2D eigenvalue weighted by Crippen LogP contribution is 2.13. The van der Waals surface area contributed by atoms with E-state index in [1.54, 1.807) is 6.20 Å². The van der Waals surface area contributed by atoms with Crippen molar-refractivity contribution in [2.75, 3.05) is 58.3 Å². The van der Waals surface area contributed by atoms with Crippen LogP contribution in [-0.2, 0) is 9.59 Å². The molecule has 1 aliphatic heterocycles. The zero-order chi connectivity index (χ0) is 18.1. The molecule has 1 fully saturated rings. The molecule has 0 saturated carbocycles. The lowest BCUT2D eigenvalue weighted by atomic mass is 10.2. The number of rotatable bonds is 8. The molecule has 1 aromatic rings. The number of carbonyl (C=O) groups excluding carboxylic acids is 2. The standard InChI is InChI=1S/C18H29N5O2/c1-21(2)11-10-20-17(24)7-5-8-18(25)23-14-12-22(13-15-23)16-6-3-4-9-19-16/h3-4,6,9H,5,7-8,10-15H2,1-2H3,(H,20,24). The van der Waals surface area contributed by atoms with Crippen LogP contribution in [0, 0.1) is 0 Å². The van der Waals surface area contributed by atoms with Gasteiger partial charge in [-0.25, -0.2) is 4.98 Å². The van der Waals surface area contributed by atoms with Crippen LogP contribution in [0.4, 0.5) is 5.82 Å². The van der Waals surface area contributed by atoms with Crippen LogP contribution in [0.3, 0.4) is 0 Å². The summed E-state index contributed by atoms with van der Waals surface area (Å²) in [5.74, 6) is 1.13. The van der Waals surface area contributed by atoms with E-state index < -0.39 is 0 Å². The SMILES string of the molecule is CN(C)CCNC(=O)CCCC(=O)N1CCN(c2ccccn2)CC1. The summed E-state index contributed by atoms with van der Waals surface area (Å²) in [6.07, 6.45) is 3.24. The summed E-state index contributed by atoms with van der Waals surface area (Å²) in [5, 5.41) is 2.87. The third kappa shape index (κ3) is 6.70. The molecule has 2 amide bonds. The van der Waals surface area contributed by atoms with E-state index in [-0.39, 0.29) is 11.8 Å². The number of amides is 2. The third-order valence-electron chi connectivity index (χ3n) is 4.28. The van der Waals surface area contributed by atoms with Gasteiger partial charge < -0.3 is 20.0 Å². The Balaban J connectivity index is 1.61. The first kappa shape index (κ1) is 19.2. The molecule has 1 aliphatic rings. The minimum atomic E-state index is 0.0228. The van der Waals surface area contributed by atoms with Crippen LogP contribution in [0.1, 0.15) is 19.3 Å². The summed E-state index contributed by atoms with van der Waals surface area (Å²) in [4.78, 5) is 34.5. The number of piperazine rings is 1. The van der Waals surface area contributed by atoms with E-state index in [1.807, 2.05) is 42.1 Å². The van der Waals surface area contributed by atoms with Gasteiger partial charge in [0.05, 0.1) is 0 Å². The van der Waals surface area contributed by atoms with Crippen LogP contribution in [-0.4, -0.2) is 80.0 Å². The maximum atomic E-state index is 12.3. The van der Waals surface area contributed by atoms with Gasteiger partial charge in [-0.15, -0.1) is 0 Å². The average Bonchev–Trinajstić information content (AvgIpc) is 2.62. The Morgan fingerprint density at radius 2 is 1.92 bits per heavy atom. The molecule has 7 heteroatoms. The molecule has 138 valence electrons. The van der Waals surface area contributed by atoms with E-state index in [9.17, 15) is 9.59 Å². The Kier molecular flexibility index (Phi) is 7.66. The highest BCUT2D eigenvalue weighted by atomic mass is 16.2. The lowest BCUT2D eigenvalue weighted by Gasteiger charge is -2.35. The van der Waals surface area contributed by atoms with E-state index in [1.165, 1.54) is 0 Å². The minimum Gasteiger partial charge on any atom is -0.355 e. The largest absolute Gasteiger partial charge is 0.355 e. The summed E-state index contributed by atoms with van der Waals surface area (Å²) < 4.78 is 0. The van der Waals surface area contributed by atoms with Crippen molar-refractivity contribution in [3.63, 3.8) is 0 Å². The predicted molar refractivity (Wildman–Crippen MR) is 98.4 cm³/mol. The van der Waals surface area contributed by atoms with Crippen molar-refractivity contribution in [3.05, 3.63) is 24.4 Å². The topological polar surface area (TPSA) is 68.8 Å². The summed E-state index contributed by atoms with van der Waals surface area (Å²) >= 11 is 0. The van der Waals surface area contributed by atoms with Gasteiger partial charge in [0.2, 0.25) is 11.8 Å². The second-order valence-corrected chi connectivity index (χ2v) is 6.56. The quantitative estimate of drug-likeness (QED) is 0.745. The van der Waals surface area contributed by atoms with Crippen LogP contribution >= 0.6 is 0 Å². The smallest absolute Gasteiger partial charge is 0.222 e. The molecule has 1 N–H and O–H groups in total. The fourth-order valence-corrected chi connectivity index (χ4v) is 2.79. The first-order chi connectivity index (χ1) is 12.1. The summed E-state index contributed by atoms with van der Waals surface area (Å²) in [6.45, 7) is 4.50. The molecule has 1 aromatic heterocycles. The lowest BCUT2D eigenvalue weighted by molar-refractivity contribution is -0.131. The Morgan fingerprint density at radius 1 is 1.16 bits per heavy atom. The van der Waals surface area contributed by atoms with Gasteiger partial charge in [-0.3, -0.25) is 9.59 Å². The number of hydrogen-bond acceptors (Lipinski definition) is 5. The first-order valence-corrected chi connectivity index (χ1v) is 8.91. The van der Waals surface area contributed by atoms with Crippen molar-refractivity contribution in [2.45, 2.75) is 19.3 Å². The molecular weight excluding hydrogens is 318 g/mol. The Labute approximate surface area is 150 Å². The Bertz CT molecular complexity index is 542. The third-order valence-corrected chi connectivity index (χ3v) is 4.28. The van der Waals surface area contributed by atoms with Gasteiger partial charge in [-0.1, -0.05) is 6.07 Å². The molecule has 0 aliphatic carbocycles. The highest BCUT2D eigenvalue weighted by molar-refractivity contribution is 5.79. The van der Waals surface area contributed by atoms with Gasteiger partial charge in [0, 0.05) is 58.3 Å². The fourth-order valence-electron chi connectivity index (χ4n) is 2.79. The van der Waals surface area contributed by atoms with Crippen LogP contribution in [0.2, 0.25) is 0 Å². The second kappa shape index (κ2) is 9.98. The van der Waals surface area contributed by atoms with Crippen molar-refractivity contribution in [3.8, 4) is 0 Å². The van der Waals surface area contributed by atoms with Gasteiger partial charge in [0.1, 0.15) is 5.82 Å². The van der Waals surface area contributed by atoms with Gasteiger partial charge >= 0.3 is 0 Å². The number of aromatic nitrogens is 1. The molecule has 0 bridgehead atoms. The Hall–Kier alpha value is -2.15. The zero-order valence-corrected chi connectivity index (χ0v) is 15.3. The number of anilines is 1. The van der Waals surface area contributed by atoms with E-state index in [4.69, 9.17) is 0 Å². The monoisotopic (exact) mass is 347 g/mol. The van der Waals surface area contributed by atoms with Gasteiger partial charge in [-0.05, 0) is 32.6 Å². The van der Waals surface area contributed by atoms with Crippen molar-refractivity contribution in [1.29, 1.82) is 0 Å². The van der Waals surface area contributed by atoms with Crippen molar-refractivity contribution >= 4 is 17.6 Å². The van der Waals surface area contributed by atoms with Crippen LogP contribution in [0.25, 0.3) is 0 Å². The van der Waals surface area contributed by atoms with Crippen molar-refractivity contribution in [2.24, 2.45) is 0 Å². The fraction of sp³-hybridized carbons (Fsp3) is 0.611. The lowest BCUT2D eigenvalue weighted by Crippen LogP contribution is -2.49. The molecular formula is C18H29N5O2. The molecule has 7 nitrogen and oxygen atoms in total. The van der Waals surface area contributed by atoms with E-state index in [2.05, 4.69) is 15.2 Å². The first-order valence-electron chi connectivity index (χ1n) is 8.91. The van der Waals surface area contributed by atoms with E-state index in [0.29, 0.717) is 38.9 Å². The molecule has 0 unspecified atom stereocenters. The molecule has 0 aromatic carbocycles. The van der Waals surface area contributed by atoms with Crippen LogP contribution < -0.4 is 10.2 Å². The number of nitrogens with zero attached hydrogens (tertiary/aromatic N) is 4. The second-order valence-electron chi connectivity index (χ2n) is 6.56. The maximum Gasteiger partial charge on any atom is 0.222 e. The van der Waals surface area contributed by atoms with Crippen LogP contribution in [0.5, 0.6) is 0 Å². The summed E-state index contributed by atoms with van der Waals surface area (Å²) in [7, 11) is 3.94. The highest BCUT2D eigenvalue weighted by Gasteiger charge is 2.21. The number of likely N-dealkylation sites (N-methyl/N-ethyl adjacent to an activating group) is 1. The average molecular weight is 347 g/mol. The molecule has 25 heavy (non-hydrogen) atoms. The molecule has 1 saturated heterocycles. The predicted octanol–water partition coefficient (Wildman–Crippen LogP) is 0.578. The molecule has 0 spiro atoms. The zero-order valence-electron chi connectivity index (χ0n) is 15.3. The molecule has 2 heterocycles. The number of pyridine rings is 1. The van der Waals surface area contributed by atoms with Crippen molar-refractivity contribution in [1.82, 2.24) is 20.1 Å². The Morgan fingerprint density at radius 3 is 2.56 bits per heavy atom. The van der Waals surface area contributed by atoms with E-state index >= 15 is 0 Å². The minimum absolute atomic E-state index is 0.0228. The molecule has 0 atom stereocenters. The van der Waals surface area contributed by atoms with Gasteiger partial charge in [0.15, 0.2) is 0 Å². The van der Waals surface area contributed by atoms with Crippen molar-refractivity contribution < 1.29 is 9.59 Å². The molecule has 0 radical (unpaired) electrons. The number of nitrogens with one attached hydrogen (secondary N) is 1. The normalized spacial score (nSPS) is 14.7. The summed E-state index contributed by atoms with van der Waals surface area (Å²) in [5.41, 5.74) is 0. The van der Waals surface area contributed by atoms with Gasteiger partial charge in [0.25, 0.3) is 0 Å². The maximum absolute atomic E-state index is 12.3. The summed E-state index contributed by atoms with van der Waals surface area (Å²) in [6, 6.07) is 5.87. The van der Waals surface area contributed by atoms with E-state index in [0.717, 1.165) is 25.5 Å². The molecule has 2 rings (SSSR count). The number of carbonyl (C=O) groups is 2.